The van der Waals surface area contributed by atoms with Gasteiger partial charge in [0.2, 0.25) is 0 Å². The highest BCUT2D eigenvalue weighted by molar-refractivity contribution is 7.14. The first-order chi connectivity index (χ1) is 14.1. The Balaban J connectivity index is 1.46. The molecule has 3 aromatic rings. The zero-order chi connectivity index (χ0) is 20.2. The summed E-state index contributed by atoms with van der Waals surface area (Å²) in [6, 6.07) is 11.7. The Labute approximate surface area is 171 Å². The molecule has 150 valence electrons. The van der Waals surface area contributed by atoms with Crippen LogP contribution in [0.4, 0.5) is 15.2 Å². The number of rotatable bonds is 5. The summed E-state index contributed by atoms with van der Waals surface area (Å²) in [6.45, 7) is 3.11. The van der Waals surface area contributed by atoms with Gasteiger partial charge in [0, 0.05) is 35.3 Å². The standard InChI is InChI=1S/C21H20FN3O3S/c1-27-19-7-4-15(22)12-17(19)18-13-29-21(23-18)24-20(26)14-2-5-16(6-3-14)25-8-10-28-11-9-25/h2-7,12-13H,8-11H2,1H3,(H,23,24,26). The van der Waals surface area contributed by atoms with Gasteiger partial charge < -0.3 is 14.4 Å². The van der Waals surface area contributed by atoms with E-state index in [9.17, 15) is 9.18 Å². The summed E-state index contributed by atoms with van der Waals surface area (Å²) in [7, 11) is 1.52. The molecule has 8 heteroatoms. The molecule has 1 fully saturated rings. The Bertz CT molecular complexity index is 1000. The molecular weight excluding hydrogens is 393 g/mol. The Kier molecular flexibility index (Phi) is 5.73. The maximum absolute atomic E-state index is 13.6. The van der Waals surface area contributed by atoms with Crippen molar-refractivity contribution in [2.75, 3.05) is 43.6 Å². The molecule has 1 aliphatic heterocycles. The third-order valence-electron chi connectivity index (χ3n) is 4.67. The molecule has 1 aromatic heterocycles. The molecule has 0 unspecified atom stereocenters. The lowest BCUT2D eigenvalue weighted by Crippen LogP contribution is -2.36. The zero-order valence-electron chi connectivity index (χ0n) is 15.9. The molecule has 0 aliphatic carbocycles. The summed E-state index contributed by atoms with van der Waals surface area (Å²) in [6.07, 6.45) is 0. The molecular formula is C21H20FN3O3S. The van der Waals surface area contributed by atoms with E-state index in [1.165, 1.54) is 30.6 Å². The van der Waals surface area contributed by atoms with E-state index in [-0.39, 0.29) is 11.7 Å². The predicted octanol–water partition coefficient (Wildman–Crippen LogP) is 4.05. The lowest BCUT2D eigenvalue weighted by Gasteiger charge is -2.28. The molecule has 29 heavy (non-hydrogen) atoms. The SMILES string of the molecule is COc1ccc(F)cc1-c1csc(NC(=O)c2ccc(N3CCOCC3)cc2)n1. The number of aromatic nitrogens is 1. The Morgan fingerprint density at radius 1 is 1.21 bits per heavy atom. The molecule has 0 spiro atoms. The molecule has 0 bridgehead atoms. The normalized spacial score (nSPS) is 13.9. The van der Waals surface area contributed by atoms with Crippen LogP contribution in [0.1, 0.15) is 10.4 Å². The second-order valence-corrected chi connectivity index (χ2v) is 7.34. The highest BCUT2D eigenvalue weighted by Crippen LogP contribution is 2.33. The molecule has 1 aliphatic rings. The number of nitrogens with one attached hydrogen (secondary N) is 1. The summed E-state index contributed by atoms with van der Waals surface area (Å²) >= 11 is 1.28. The van der Waals surface area contributed by atoms with Crippen molar-refractivity contribution in [1.29, 1.82) is 0 Å². The van der Waals surface area contributed by atoms with E-state index < -0.39 is 0 Å². The summed E-state index contributed by atoms with van der Waals surface area (Å²) in [5, 5.41) is 5.00. The fourth-order valence-electron chi connectivity index (χ4n) is 3.15. The van der Waals surface area contributed by atoms with Gasteiger partial charge in [-0.25, -0.2) is 9.37 Å². The van der Waals surface area contributed by atoms with E-state index >= 15 is 0 Å². The highest BCUT2D eigenvalue weighted by Gasteiger charge is 2.15. The van der Waals surface area contributed by atoms with Crippen LogP contribution in [0.25, 0.3) is 11.3 Å². The third kappa shape index (κ3) is 4.38. The largest absolute Gasteiger partial charge is 0.496 e. The Hall–Kier alpha value is -2.97. The average molecular weight is 413 g/mol. The van der Waals surface area contributed by atoms with E-state index in [1.54, 1.807) is 23.6 Å². The first-order valence-corrected chi connectivity index (χ1v) is 10.1. The molecule has 1 N–H and O–H groups in total. The van der Waals surface area contributed by atoms with Gasteiger partial charge in [0.05, 0.1) is 26.0 Å². The number of carbonyl (C=O) groups excluding carboxylic acids is 1. The third-order valence-corrected chi connectivity index (χ3v) is 5.43. The minimum Gasteiger partial charge on any atom is -0.496 e. The number of benzene rings is 2. The summed E-state index contributed by atoms with van der Waals surface area (Å²) in [4.78, 5) is 19.2. The van der Waals surface area contributed by atoms with Crippen molar-refractivity contribution >= 4 is 28.1 Å². The summed E-state index contributed by atoms with van der Waals surface area (Å²) in [5.41, 5.74) is 2.70. The van der Waals surface area contributed by atoms with Crippen molar-refractivity contribution in [2.24, 2.45) is 0 Å². The van der Waals surface area contributed by atoms with Gasteiger partial charge in [0.1, 0.15) is 11.6 Å². The Morgan fingerprint density at radius 2 is 1.97 bits per heavy atom. The van der Waals surface area contributed by atoms with Gasteiger partial charge in [-0.1, -0.05) is 0 Å². The van der Waals surface area contributed by atoms with Crippen molar-refractivity contribution in [2.45, 2.75) is 0 Å². The van der Waals surface area contributed by atoms with Crippen molar-refractivity contribution in [3.63, 3.8) is 0 Å². The number of hydrogen-bond donors (Lipinski definition) is 1. The number of morpholine rings is 1. The minimum atomic E-state index is -0.375. The molecule has 0 saturated carbocycles. The molecule has 6 nitrogen and oxygen atoms in total. The number of methoxy groups -OCH3 is 1. The van der Waals surface area contributed by atoms with Crippen LogP contribution < -0.4 is 15.0 Å². The maximum atomic E-state index is 13.6. The molecule has 0 atom stereocenters. The van der Waals surface area contributed by atoms with E-state index in [0.717, 1.165) is 18.8 Å². The molecule has 2 aromatic carbocycles. The minimum absolute atomic E-state index is 0.245. The number of ether oxygens (including phenoxy) is 2. The first-order valence-electron chi connectivity index (χ1n) is 9.17. The summed E-state index contributed by atoms with van der Waals surface area (Å²) < 4.78 is 24.3. The smallest absolute Gasteiger partial charge is 0.257 e. The van der Waals surface area contributed by atoms with E-state index in [1.807, 2.05) is 12.1 Å². The van der Waals surface area contributed by atoms with Gasteiger partial charge in [0.25, 0.3) is 5.91 Å². The molecule has 4 rings (SSSR count). The van der Waals surface area contributed by atoms with Crippen LogP contribution in [0.3, 0.4) is 0 Å². The molecule has 1 saturated heterocycles. The number of carbonyl (C=O) groups is 1. The molecule has 1 amide bonds. The summed E-state index contributed by atoms with van der Waals surface area (Å²) in [5.74, 6) is -0.0985. The fourth-order valence-corrected chi connectivity index (χ4v) is 3.86. The second kappa shape index (κ2) is 8.59. The number of halogens is 1. The van der Waals surface area contributed by atoms with Crippen LogP contribution in [0.2, 0.25) is 0 Å². The molecule has 0 radical (unpaired) electrons. The van der Waals surface area contributed by atoms with Gasteiger partial charge in [-0.3, -0.25) is 10.1 Å². The average Bonchev–Trinajstić information content (AvgIpc) is 3.23. The van der Waals surface area contributed by atoms with Gasteiger partial charge in [0.15, 0.2) is 5.13 Å². The van der Waals surface area contributed by atoms with Crippen LogP contribution in [0.15, 0.2) is 47.8 Å². The van der Waals surface area contributed by atoms with Crippen LogP contribution in [0.5, 0.6) is 5.75 Å². The van der Waals surface area contributed by atoms with Gasteiger partial charge in [-0.2, -0.15) is 0 Å². The van der Waals surface area contributed by atoms with Crippen molar-refractivity contribution in [1.82, 2.24) is 4.98 Å². The number of amides is 1. The number of thiazole rings is 1. The van der Waals surface area contributed by atoms with Crippen molar-refractivity contribution in [3.8, 4) is 17.0 Å². The van der Waals surface area contributed by atoms with Crippen LogP contribution in [0, 0.1) is 5.82 Å². The van der Waals surface area contributed by atoms with E-state index in [4.69, 9.17) is 9.47 Å². The lowest BCUT2D eigenvalue weighted by molar-refractivity contribution is 0.102. The molecule has 2 heterocycles. The predicted molar refractivity (Wildman–Crippen MR) is 111 cm³/mol. The van der Waals surface area contributed by atoms with Crippen molar-refractivity contribution in [3.05, 3.63) is 59.2 Å². The maximum Gasteiger partial charge on any atom is 0.257 e. The number of nitrogens with zero attached hydrogens (tertiary/aromatic N) is 2. The van der Waals surface area contributed by atoms with Crippen LogP contribution in [-0.4, -0.2) is 44.3 Å². The Morgan fingerprint density at radius 3 is 2.69 bits per heavy atom. The van der Waals surface area contributed by atoms with Crippen LogP contribution >= 0.6 is 11.3 Å². The zero-order valence-corrected chi connectivity index (χ0v) is 16.7. The van der Waals surface area contributed by atoms with Crippen LogP contribution in [-0.2, 0) is 4.74 Å². The van der Waals surface area contributed by atoms with Gasteiger partial charge in [-0.15, -0.1) is 11.3 Å². The topological polar surface area (TPSA) is 63.7 Å². The van der Waals surface area contributed by atoms with E-state index in [0.29, 0.717) is 40.9 Å². The quantitative estimate of drug-likeness (QED) is 0.684. The van der Waals surface area contributed by atoms with Crippen molar-refractivity contribution < 1.29 is 18.7 Å². The van der Waals surface area contributed by atoms with Gasteiger partial charge >= 0.3 is 0 Å². The highest BCUT2D eigenvalue weighted by atomic mass is 32.1. The number of anilines is 2. The lowest BCUT2D eigenvalue weighted by atomic mass is 10.1. The van der Waals surface area contributed by atoms with Gasteiger partial charge in [-0.05, 0) is 42.5 Å². The number of hydrogen-bond acceptors (Lipinski definition) is 6. The monoisotopic (exact) mass is 413 g/mol. The second-order valence-electron chi connectivity index (χ2n) is 6.48. The van der Waals surface area contributed by atoms with E-state index in [2.05, 4.69) is 15.2 Å². The fraction of sp³-hybridized carbons (Fsp3) is 0.238. The first kappa shape index (κ1) is 19.4.